The van der Waals surface area contributed by atoms with Gasteiger partial charge in [-0.15, -0.1) is 0 Å². The third kappa shape index (κ3) is 4.09. The lowest BCUT2D eigenvalue weighted by Crippen LogP contribution is -2.49. The number of piperidine rings is 1. The molecule has 5 nitrogen and oxygen atoms in total. The van der Waals surface area contributed by atoms with Crippen molar-refractivity contribution in [2.75, 3.05) is 50.0 Å². The van der Waals surface area contributed by atoms with E-state index in [1.54, 1.807) is 0 Å². The van der Waals surface area contributed by atoms with Crippen molar-refractivity contribution in [1.29, 1.82) is 0 Å². The Morgan fingerprint density at radius 1 is 1.13 bits per heavy atom. The molecule has 0 unspecified atom stereocenters. The minimum Gasteiger partial charge on any atom is -0.489 e. The van der Waals surface area contributed by atoms with E-state index in [9.17, 15) is 0 Å². The monoisotopic (exact) mass is 319 g/mol. The topological polar surface area (TPSA) is 51.0 Å². The minimum atomic E-state index is 0.139. The van der Waals surface area contributed by atoms with Gasteiger partial charge >= 0.3 is 0 Å². The lowest BCUT2D eigenvalue weighted by molar-refractivity contribution is 0.0115. The lowest BCUT2D eigenvalue weighted by Gasteiger charge is -2.40. The highest BCUT2D eigenvalue weighted by Gasteiger charge is 2.26. The maximum atomic E-state index is 6.02. The van der Waals surface area contributed by atoms with Gasteiger partial charge in [-0.25, -0.2) is 0 Å². The maximum absolute atomic E-state index is 6.02. The molecule has 2 aliphatic rings. The molecular weight excluding hydrogens is 290 g/mol. The van der Waals surface area contributed by atoms with E-state index >= 15 is 0 Å². The Balaban J connectivity index is 1.60. The van der Waals surface area contributed by atoms with Crippen LogP contribution < -0.4 is 15.4 Å². The Hall–Kier alpha value is -1.46. The molecule has 2 aliphatic heterocycles. The molecule has 0 bridgehead atoms. The van der Waals surface area contributed by atoms with E-state index in [-0.39, 0.29) is 6.10 Å². The van der Waals surface area contributed by atoms with Crippen molar-refractivity contribution in [1.82, 2.24) is 4.90 Å². The van der Waals surface area contributed by atoms with Crippen molar-refractivity contribution in [3.05, 3.63) is 18.2 Å². The summed E-state index contributed by atoms with van der Waals surface area (Å²) in [5, 5.41) is 0. The van der Waals surface area contributed by atoms with Gasteiger partial charge < -0.3 is 20.1 Å². The van der Waals surface area contributed by atoms with Gasteiger partial charge in [-0.2, -0.15) is 0 Å². The molecule has 2 saturated heterocycles. The summed E-state index contributed by atoms with van der Waals surface area (Å²) in [6.07, 6.45) is 2.56. The first kappa shape index (κ1) is 16.4. The fraction of sp³-hybridized carbons (Fsp3) is 0.667. The molecule has 2 N–H and O–H groups in total. The molecule has 5 heteroatoms. The highest BCUT2D eigenvalue weighted by molar-refractivity contribution is 5.62. The van der Waals surface area contributed by atoms with Crippen molar-refractivity contribution in [3.8, 4) is 5.75 Å². The number of nitrogen functional groups attached to an aromatic ring is 1. The average Bonchev–Trinajstić information content (AvgIpc) is 2.57. The molecule has 0 aliphatic carbocycles. The third-order valence-electron chi connectivity index (χ3n) is 4.75. The maximum Gasteiger partial charge on any atom is 0.144 e. The molecule has 1 aromatic rings. The summed E-state index contributed by atoms with van der Waals surface area (Å²) in [5.74, 6) is 0.799. The molecule has 3 rings (SSSR count). The highest BCUT2D eigenvalue weighted by Crippen LogP contribution is 2.30. The Morgan fingerprint density at radius 2 is 1.83 bits per heavy atom. The number of hydrogen-bond donors (Lipinski definition) is 1. The summed E-state index contributed by atoms with van der Waals surface area (Å²) in [6, 6.07) is 6.86. The molecule has 0 aromatic heterocycles. The summed E-state index contributed by atoms with van der Waals surface area (Å²) in [6.45, 7) is 10.2. The summed E-state index contributed by atoms with van der Waals surface area (Å²) in [5.41, 5.74) is 7.96. The molecule has 128 valence electrons. The Labute approximate surface area is 139 Å². The first-order chi connectivity index (χ1) is 11.1. The van der Waals surface area contributed by atoms with Crippen molar-refractivity contribution in [2.45, 2.75) is 38.8 Å². The van der Waals surface area contributed by atoms with Gasteiger partial charge in [0.2, 0.25) is 0 Å². The molecule has 0 atom stereocenters. The van der Waals surface area contributed by atoms with Crippen molar-refractivity contribution in [2.24, 2.45) is 0 Å². The van der Waals surface area contributed by atoms with Gasteiger partial charge in [0.15, 0.2) is 0 Å². The van der Waals surface area contributed by atoms with Gasteiger partial charge in [0.25, 0.3) is 0 Å². The van der Waals surface area contributed by atoms with Gasteiger partial charge in [-0.05, 0) is 38.8 Å². The second-order valence-corrected chi connectivity index (χ2v) is 6.76. The normalized spacial score (nSPS) is 20.9. The molecular formula is C18H29N3O2. The van der Waals surface area contributed by atoms with Crippen LogP contribution in [-0.2, 0) is 4.74 Å². The van der Waals surface area contributed by atoms with Gasteiger partial charge in [0, 0.05) is 44.0 Å². The molecule has 0 amide bonds. The second-order valence-electron chi connectivity index (χ2n) is 6.76. The molecule has 0 spiro atoms. The van der Waals surface area contributed by atoms with Gasteiger partial charge in [-0.1, -0.05) is 0 Å². The number of hydrogen-bond acceptors (Lipinski definition) is 5. The van der Waals surface area contributed by atoms with Crippen LogP contribution in [0.4, 0.5) is 11.4 Å². The second kappa shape index (κ2) is 7.41. The van der Waals surface area contributed by atoms with E-state index < -0.39 is 0 Å². The number of ether oxygens (including phenoxy) is 2. The van der Waals surface area contributed by atoms with E-state index in [0.717, 1.165) is 45.1 Å². The van der Waals surface area contributed by atoms with Crippen LogP contribution in [0.5, 0.6) is 5.75 Å². The summed E-state index contributed by atoms with van der Waals surface area (Å²) < 4.78 is 11.3. The van der Waals surface area contributed by atoms with Crippen molar-refractivity contribution < 1.29 is 9.47 Å². The molecule has 0 radical (unpaired) electrons. The van der Waals surface area contributed by atoms with E-state index in [1.807, 2.05) is 19.9 Å². The molecule has 1 aromatic carbocycles. The van der Waals surface area contributed by atoms with E-state index in [1.165, 1.54) is 18.5 Å². The van der Waals surface area contributed by atoms with E-state index in [2.05, 4.69) is 21.9 Å². The smallest absolute Gasteiger partial charge is 0.144 e. The highest BCUT2D eigenvalue weighted by atomic mass is 16.5. The van der Waals surface area contributed by atoms with Crippen LogP contribution in [0, 0.1) is 0 Å². The van der Waals surface area contributed by atoms with Crippen LogP contribution in [-0.4, -0.2) is 56.4 Å². The summed E-state index contributed by atoms with van der Waals surface area (Å²) in [7, 11) is 0. The van der Waals surface area contributed by atoms with E-state index in [4.69, 9.17) is 15.2 Å². The zero-order valence-corrected chi connectivity index (χ0v) is 14.3. The average molecular weight is 319 g/mol. The van der Waals surface area contributed by atoms with Crippen LogP contribution in [0.25, 0.3) is 0 Å². The standard InChI is InChI=1S/C18H29N3O2/c1-14(2)23-18-13-16(3-4-17(18)19)20-7-5-15(6-8-20)21-9-11-22-12-10-21/h3-4,13-15H,5-12,19H2,1-2H3. The van der Waals surface area contributed by atoms with Crippen LogP contribution in [0.3, 0.4) is 0 Å². The largest absolute Gasteiger partial charge is 0.489 e. The summed E-state index contributed by atoms with van der Waals surface area (Å²) >= 11 is 0. The lowest BCUT2D eigenvalue weighted by atomic mass is 10.0. The number of morpholine rings is 1. The molecule has 23 heavy (non-hydrogen) atoms. The molecule has 2 fully saturated rings. The van der Waals surface area contributed by atoms with E-state index in [0.29, 0.717) is 11.7 Å². The Morgan fingerprint density at radius 3 is 2.48 bits per heavy atom. The molecule has 0 saturated carbocycles. The SMILES string of the molecule is CC(C)Oc1cc(N2CCC(N3CCOCC3)CC2)ccc1N. The predicted octanol–water partition coefficient (Wildman–Crippen LogP) is 2.36. The quantitative estimate of drug-likeness (QED) is 0.864. The zero-order valence-electron chi connectivity index (χ0n) is 14.3. The minimum absolute atomic E-state index is 0.139. The van der Waals surface area contributed by atoms with Crippen molar-refractivity contribution in [3.63, 3.8) is 0 Å². The third-order valence-corrected chi connectivity index (χ3v) is 4.75. The first-order valence-corrected chi connectivity index (χ1v) is 8.76. The van der Waals surface area contributed by atoms with Crippen molar-refractivity contribution >= 4 is 11.4 Å². The van der Waals surface area contributed by atoms with Crippen LogP contribution >= 0.6 is 0 Å². The fourth-order valence-corrected chi connectivity index (χ4v) is 3.51. The van der Waals surface area contributed by atoms with Crippen LogP contribution in [0.2, 0.25) is 0 Å². The first-order valence-electron chi connectivity index (χ1n) is 8.76. The number of anilines is 2. The number of benzene rings is 1. The summed E-state index contributed by atoms with van der Waals surface area (Å²) in [4.78, 5) is 5.04. The zero-order chi connectivity index (χ0) is 16.2. The number of rotatable bonds is 4. The Bertz CT molecular complexity index is 507. The van der Waals surface area contributed by atoms with Gasteiger partial charge in [0.05, 0.1) is 25.0 Å². The Kier molecular flexibility index (Phi) is 5.28. The van der Waals surface area contributed by atoms with Gasteiger partial charge in [-0.3, -0.25) is 4.90 Å². The van der Waals surface area contributed by atoms with Gasteiger partial charge in [0.1, 0.15) is 5.75 Å². The van der Waals surface area contributed by atoms with Crippen LogP contribution in [0.1, 0.15) is 26.7 Å². The molecule has 2 heterocycles. The predicted molar refractivity (Wildman–Crippen MR) is 94.2 cm³/mol. The number of nitrogens with zero attached hydrogens (tertiary/aromatic N) is 2. The van der Waals surface area contributed by atoms with Crippen LogP contribution in [0.15, 0.2) is 18.2 Å². The number of nitrogens with two attached hydrogens (primary N) is 1. The fourth-order valence-electron chi connectivity index (χ4n) is 3.51.